The van der Waals surface area contributed by atoms with Crippen LogP contribution in [0.1, 0.15) is 13.8 Å². The molecule has 0 spiro atoms. The normalized spacial score (nSPS) is 15.1. The fourth-order valence-electron chi connectivity index (χ4n) is 2.33. The van der Waals surface area contributed by atoms with Gasteiger partial charge in [-0.1, -0.05) is 12.1 Å². The number of sulfonamides is 1. The first-order valence-corrected chi connectivity index (χ1v) is 8.45. The number of nitrogens with zero attached hydrogens (tertiary/aromatic N) is 1. The molecule has 0 unspecified atom stereocenters. The molecule has 2 aromatic rings. The molecule has 1 N–H and O–H groups in total. The fraction of sp³-hybridized carbons (Fsp3) is 0.200. The Hall–Kier alpha value is -2.81. The van der Waals surface area contributed by atoms with Crippen molar-refractivity contribution in [3.05, 3.63) is 52.6 Å². The maximum Gasteiger partial charge on any atom is 0.289 e. The highest BCUT2D eigenvalue weighted by Crippen LogP contribution is 2.41. The average molecular weight is 350 g/mol. The first-order chi connectivity index (χ1) is 11.2. The highest BCUT2D eigenvalue weighted by atomic mass is 32.2. The average Bonchev–Trinajstić information content (AvgIpc) is 2.80. The van der Waals surface area contributed by atoms with Crippen LogP contribution in [0.2, 0.25) is 0 Å². The molecule has 8 nitrogen and oxygen atoms in total. The van der Waals surface area contributed by atoms with E-state index in [-0.39, 0.29) is 5.69 Å². The summed E-state index contributed by atoms with van der Waals surface area (Å²) in [6.07, 6.45) is 0. The smallest absolute Gasteiger partial charge is 0.289 e. The molecule has 0 bridgehead atoms. The molecule has 9 heteroatoms. The largest absolute Gasteiger partial charge is 0.449 e. The highest BCUT2D eigenvalue weighted by molar-refractivity contribution is 7.92. The second-order valence-electron chi connectivity index (χ2n) is 5.60. The van der Waals surface area contributed by atoms with Crippen LogP contribution in [-0.4, -0.2) is 19.1 Å². The Morgan fingerprint density at radius 2 is 1.75 bits per heavy atom. The number of nitro groups is 1. The van der Waals surface area contributed by atoms with Gasteiger partial charge in [-0.3, -0.25) is 14.8 Å². The molecule has 2 aromatic carbocycles. The van der Waals surface area contributed by atoms with Gasteiger partial charge < -0.3 is 9.47 Å². The van der Waals surface area contributed by atoms with Gasteiger partial charge in [0.2, 0.25) is 5.79 Å². The van der Waals surface area contributed by atoms with Crippen LogP contribution in [0.5, 0.6) is 11.5 Å². The molecule has 0 saturated carbocycles. The minimum Gasteiger partial charge on any atom is -0.449 e. The number of fused-ring (bicyclic) bond motifs is 1. The lowest BCUT2D eigenvalue weighted by molar-refractivity contribution is -0.387. The van der Waals surface area contributed by atoms with Crippen molar-refractivity contribution in [3.63, 3.8) is 0 Å². The number of hydrogen-bond donors (Lipinski definition) is 1. The van der Waals surface area contributed by atoms with Crippen LogP contribution in [0.25, 0.3) is 0 Å². The molecule has 3 rings (SSSR count). The van der Waals surface area contributed by atoms with Gasteiger partial charge in [0.25, 0.3) is 15.7 Å². The van der Waals surface area contributed by atoms with Gasteiger partial charge >= 0.3 is 0 Å². The zero-order valence-electron chi connectivity index (χ0n) is 12.8. The minimum atomic E-state index is -4.12. The first-order valence-electron chi connectivity index (χ1n) is 6.96. The summed E-state index contributed by atoms with van der Waals surface area (Å²) < 4.78 is 38.3. The van der Waals surface area contributed by atoms with Gasteiger partial charge in [0.05, 0.1) is 10.6 Å². The van der Waals surface area contributed by atoms with Gasteiger partial charge in [-0.2, -0.15) is 0 Å². The van der Waals surface area contributed by atoms with E-state index < -0.39 is 31.3 Å². The summed E-state index contributed by atoms with van der Waals surface area (Å²) in [5.41, 5.74) is -0.278. The Morgan fingerprint density at radius 3 is 2.46 bits per heavy atom. The molecular weight excluding hydrogens is 336 g/mol. The van der Waals surface area contributed by atoms with Gasteiger partial charge in [0, 0.05) is 26.0 Å². The van der Waals surface area contributed by atoms with Crippen molar-refractivity contribution in [2.24, 2.45) is 0 Å². The number of anilines is 1. The number of hydrogen-bond acceptors (Lipinski definition) is 6. The van der Waals surface area contributed by atoms with E-state index in [1.165, 1.54) is 30.3 Å². The van der Waals surface area contributed by atoms with Crippen LogP contribution < -0.4 is 14.2 Å². The summed E-state index contributed by atoms with van der Waals surface area (Å²) in [5.74, 6) is 0.0503. The van der Waals surface area contributed by atoms with Crippen LogP contribution in [0, 0.1) is 10.1 Å². The Labute approximate surface area is 138 Å². The number of ether oxygens (including phenoxy) is 2. The van der Waals surface area contributed by atoms with Gasteiger partial charge in [-0.15, -0.1) is 0 Å². The van der Waals surface area contributed by atoms with Crippen molar-refractivity contribution >= 4 is 21.4 Å². The summed E-state index contributed by atoms with van der Waals surface area (Å²) in [5, 5.41) is 11.0. The molecule has 0 radical (unpaired) electrons. The third-order valence-corrected chi connectivity index (χ3v) is 4.69. The summed E-state index contributed by atoms with van der Waals surface area (Å²) in [6.45, 7) is 3.45. The number of para-hydroxylation sites is 1. The lowest BCUT2D eigenvalue weighted by Gasteiger charge is -2.16. The Bertz CT molecular complexity index is 923. The fourth-order valence-corrected chi connectivity index (χ4v) is 3.55. The minimum absolute atomic E-state index is 0.216. The van der Waals surface area contributed by atoms with Crippen LogP contribution in [0.15, 0.2) is 47.4 Å². The molecule has 0 aromatic heterocycles. The van der Waals surface area contributed by atoms with E-state index in [9.17, 15) is 18.5 Å². The lowest BCUT2D eigenvalue weighted by atomic mass is 10.3. The van der Waals surface area contributed by atoms with Crippen molar-refractivity contribution in [2.75, 3.05) is 4.72 Å². The van der Waals surface area contributed by atoms with Gasteiger partial charge in [0.1, 0.15) is 0 Å². The molecule has 1 aliphatic heterocycles. The number of nitrogens with one attached hydrogen (secondary N) is 1. The molecule has 0 fully saturated rings. The molecule has 0 atom stereocenters. The van der Waals surface area contributed by atoms with Gasteiger partial charge in [0.15, 0.2) is 16.4 Å². The van der Waals surface area contributed by atoms with E-state index in [0.29, 0.717) is 11.5 Å². The molecule has 1 heterocycles. The predicted octanol–water partition coefficient (Wildman–Crippen LogP) is 2.90. The predicted molar refractivity (Wildman–Crippen MR) is 85.7 cm³/mol. The van der Waals surface area contributed by atoms with E-state index in [0.717, 1.165) is 6.07 Å². The molecule has 1 aliphatic rings. The zero-order valence-corrected chi connectivity index (χ0v) is 13.7. The molecule has 126 valence electrons. The summed E-state index contributed by atoms with van der Waals surface area (Å²) in [4.78, 5) is 9.87. The van der Waals surface area contributed by atoms with Crippen molar-refractivity contribution < 1.29 is 22.8 Å². The topological polar surface area (TPSA) is 108 Å². The van der Waals surface area contributed by atoms with E-state index in [2.05, 4.69) is 4.72 Å². The molecular formula is C15H14N2O6S. The molecule has 0 aliphatic carbocycles. The quantitative estimate of drug-likeness (QED) is 0.671. The van der Waals surface area contributed by atoms with Crippen LogP contribution in [-0.2, 0) is 10.0 Å². The summed E-state index contributed by atoms with van der Waals surface area (Å²) >= 11 is 0. The summed E-state index contributed by atoms with van der Waals surface area (Å²) in [6, 6.07) is 9.67. The Morgan fingerprint density at radius 1 is 1.08 bits per heavy atom. The molecule has 24 heavy (non-hydrogen) atoms. The molecule has 0 saturated heterocycles. The first kappa shape index (κ1) is 16.1. The van der Waals surface area contributed by atoms with E-state index >= 15 is 0 Å². The van der Waals surface area contributed by atoms with Gasteiger partial charge in [-0.25, -0.2) is 8.42 Å². The number of rotatable bonds is 4. The number of nitro benzene ring substituents is 1. The third kappa shape index (κ3) is 2.98. The lowest BCUT2D eigenvalue weighted by Crippen LogP contribution is -2.29. The van der Waals surface area contributed by atoms with Gasteiger partial charge in [-0.05, 0) is 18.2 Å². The Balaban J connectivity index is 1.94. The Kier molecular flexibility index (Phi) is 3.60. The second kappa shape index (κ2) is 5.38. The van der Waals surface area contributed by atoms with Crippen molar-refractivity contribution in [3.8, 4) is 11.5 Å². The molecule has 0 amide bonds. The van der Waals surface area contributed by atoms with Crippen molar-refractivity contribution in [2.45, 2.75) is 24.5 Å². The van der Waals surface area contributed by atoms with E-state index in [1.54, 1.807) is 19.9 Å². The third-order valence-electron chi connectivity index (χ3n) is 3.26. The zero-order chi connectivity index (χ0) is 17.5. The number of benzene rings is 2. The van der Waals surface area contributed by atoms with E-state index in [1.807, 2.05) is 0 Å². The standard InChI is InChI=1S/C15H14N2O6S/c1-15(2)22-12-8-7-10(9-13(12)23-15)16-24(20,21)14-6-4-3-5-11(14)17(18)19/h3-9,16H,1-2H3. The van der Waals surface area contributed by atoms with Crippen molar-refractivity contribution in [1.29, 1.82) is 0 Å². The second-order valence-corrected chi connectivity index (χ2v) is 7.25. The maximum atomic E-state index is 12.5. The van der Waals surface area contributed by atoms with Crippen LogP contribution in [0.3, 0.4) is 0 Å². The van der Waals surface area contributed by atoms with Crippen LogP contribution >= 0.6 is 0 Å². The monoisotopic (exact) mass is 350 g/mol. The highest BCUT2D eigenvalue weighted by Gasteiger charge is 2.32. The SMILES string of the molecule is CC1(C)Oc2ccc(NS(=O)(=O)c3ccccc3[N+](=O)[O-])cc2O1. The summed E-state index contributed by atoms with van der Waals surface area (Å²) in [7, 11) is -4.12. The van der Waals surface area contributed by atoms with E-state index in [4.69, 9.17) is 9.47 Å². The maximum absolute atomic E-state index is 12.5. The van der Waals surface area contributed by atoms with Crippen LogP contribution in [0.4, 0.5) is 11.4 Å². The van der Waals surface area contributed by atoms with Crippen molar-refractivity contribution in [1.82, 2.24) is 0 Å².